The van der Waals surface area contributed by atoms with Gasteiger partial charge in [-0.05, 0) is 24.5 Å². The van der Waals surface area contributed by atoms with Crippen molar-refractivity contribution in [1.29, 1.82) is 5.26 Å². The van der Waals surface area contributed by atoms with E-state index in [4.69, 9.17) is 10.00 Å². The second-order valence-electron chi connectivity index (χ2n) is 5.03. The van der Waals surface area contributed by atoms with Crippen LogP contribution < -0.4 is 9.64 Å². The summed E-state index contributed by atoms with van der Waals surface area (Å²) in [6.45, 7) is 3.59. The van der Waals surface area contributed by atoms with Crippen LogP contribution in [0.5, 0.6) is 5.88 Å². The van der Waals surface area contributed by atoms with Crippen molar-refractivity contribution in [3.05, 3.63) is 47.2 Å². The Morgan fingerprint density at radius 1 is 1.29 bits per heavy atom. The average Bonchev–Trinajstić information content (AvgIpc) is 2.52. The Kier molecular flexibility index (Phi) is 3.69. The molecule has 0 saturated carbocycles. The highest BCUT2D eigenvalue weighted by atomic mass is 16.5. The van der Waals surface area contributed by atoms with E-state index in [0.717, 1.165) is 25.2 Å². The lowest BCUT2D eigenvalue weighted by atomic mass is 10.0. The van der Waals surface area contributed by atoms with E-state index in [-0.39, 0.29) is 6.61 Å². The number of nitriles is 1. The summed E-state index contributed by atoms with van der Waals surface area (Å²) in [4.78, 5) is 11.0. The van der Waals surface area contributed by atoms with Gasteiger partial charge in [0.2, 0.25) is 11.8 Å². The third kappa shape index (κ3) is 2.95. The van der Waals surface area contributed by atoms with Gasteiger partial charge in [-0.1, -0.05) is 24.3 Å². The van der Waals surface area contributed by atoms with Crippen LogP contribution in [-0.4, -0.2) is 23.1 Å². The zero-order valence-electron chi connectivity index (χ0n) is 11.9. The first-order valence-electron chi connectivity index (χ1n) is 6.93. The molecule has 1 aliphatic rings. The lowest BCUT2D eigenvalue weighted by Crippen LogP contribution is -2.31. The molecule has 2 heterocycles. The summed E-state index contributed by atoms with van der Waals surface area (Å²) < 4.78 is 5.30. The lowest BCUT2D eigenvalue weighted by molar-refractivity contribution is 0.352. The molecule has 0 spiro atoms. The molecule has 0 radical (unpaired) electrons. The molecule has 2 aromatic rings. The quantitative estimate of drug-likeness (QED) is 0.863. The van der Waals surface area contributed by atoms with E-state index >= 15 is 0 Å². The number of fused-ring (bicyclic) bond motifs is 1. The minimum Gasteiger partial charge on any atom is -0.462 e. The maximum absolute atomic E-state index is 8.60. The number of anilines is 1. The van der Waals surface area contributed by atoms with Gasteiger partial charge in [0.05, 0.1) is 0 Å². The van der Waals surface area contributed by atoms with E-state index in [1.54, 1.807) is 6.07 Å². The molecule has 1 aromatic carbocycles. The van der Waals surface area contributed by atoms with Crippen molar-refractivity contribution in [2.75, 3.05) is 18.1 Å². The van der Waals surface area contributed by atoms with Crippen molar-refractivity contribution >= 4 is 5.95 Å². The predicted molar refractivity (Wildman–Crippen MR) is 79.1 cm³/mol. The van der Waals surface area contributed by atoms with Gasteiger partial charge >= 0.3 is 0 Å². The largest absolute Gasteiger partial charge is 0.462 e. The maximum Gasteiger partial charge on any atom is 0.229 e. The van der Waals surface area contributed by atoms with Gasteiger partial charge in [0.15, 0.2) is 6.61 Å². The molecule has 21 heavy (non-hydrogen) atoms. The highest BCUT2D eigenvalue weighted by molar-refractivity contribution is 5.41. The number of benzene rings is 1. The smallest absolute Gasteiger partial charge is 0.229 e. The van der Waals surface area contributed by atoms with Gasteiger partial charge in [-0.2, -0.15) is 10.2 Å². The Bertz CT molecular complexity index is 693. The van der Waals surface area contributed by atoms with Crippen molar-refractivity contribution in [3.63, 3.8) is 0 Å². The van der Waals surface area contributed by atoms with Gasteiger partial charge in [-0.15, -0.1) is 0 Å². The van der Waals surface area contributed by atoms with Gasteiger partial charge < -0.3 is 9.64 Å². The van der Waals surface area contributed by atoms with Crippen molar-refractivity contribution in [2.24, 2.45) is 0 Å². The number of rotatable bonds is 3. The third-order valence-electron chi connectivity index (χ3n) is 3.52. The fraction of sp³-hybridized carbons (Fsp3) is 0.312. The van der Waals surface area contributed by atoms with E-state index in [1.165, 1.54) is 11.1 Å². The van der Waals surface area contributed by atoms with Crippen molar-refractivity contribution in [1.82, 2.24) is 9.97 Å². The Morgan fingerprint density at radius 2 is 2.10 bits per heavy atom. The van der Waals surface area contributed by atoms with Crippen LogP contribution in [0.15, 0.2) is 30.3 Å². The number of aromatic nitrogens is 2. The molecule has 106 valence electrons. The lowest BCUT2D eigenvalue weighted by Gasteiger charge is -2.29. The summed E-state index contributed by atoms with van der Waals surface area (Å²) in [6, 6.07) is 12.1. The summed E-state index contributed by atoms with van der Waals surface area (Å²) in [5.41, 5.74) is 3.54. The summed E-state index contributed by atoms with van der Waals surface area (Å²) in [6.07, 6.45) is 0.988. The highest BCUT2D eigenvalue weighted by Crippen LogP contribution is 2.23. The number of nitrogens with zero attached hydrogens (tertiary/aromatic N) is 4. The molecule has 5 nitrogen and oxygen atoms in total. The van der Waals surface area contributed by atoms with Gasteiger partial charge in [-0.25, -0.2) is 4.98 Å². The van der Waals surface area contributed by atoms with E-state index in [2.05, 4.69) is 39.1 Å². The molecule has 1 aliphatic heterocycles. The molecule has 0 unspecified atom stereocenters. The van der Waals surface area contributed by atoms with Crippen LogP contribution in [0.4, 0.5) is 5.95 Å². The van der Waals surface area contributed by atoms with Crippen LogP contribution in [0, 0.1) is 18.3 Å². The second-order valence-corrected chi connectivity index (χ2v) is 5.03. The minimum atomic E-state index is -0.00126. The zero-order chi connectivity index (χ0) is 14.7. The number of ether oxygens (including phenoxy) is 1. The molecule has 5 heteroatoms. The van der Waals surface area contributed by atoms with E-state index < -0.39 is 0 Å². The topological polar surface area (TPSA) is 62.0 Å². The SMILES string of the molecule is Cc1cc(OCC#N)nc(N2CCc3ccccc3C2)n1. The molecule has 0 amide bonds. The fourth-order valence-electron chi connectivity index (χ4n) is 2.51. The summed E-state index contributed by atoms with van der Waals surface area (Å²) in [5.74, 6) is 1.12. The summed E-state index contributed by atoms with van der Waals surface area (Å²) >= 11 is 0. The van der Waals surface area contributed by atoms with Crippen molar-refractivity contribution in [2.45, 2.75) is 19.9 Å². The molecule has 0 saturated heterocycles. The molecule has 0 fully saturated rings. The van der Waals surface area contributed by atoms with Crippen molar-refractivity contribution < 1.29 is 4.74 Å². The van der Waals surface area contributed by atoms with Crippen LogP contribution in [0.2, 0.25) is 0 Å². The standard InChI is InChI=1S/C16H16N4O/c1-12-10-15(21-9-7-17)19-16(18-12)20-8-6-13-4-2-3-5-14(13)11-20/h2-5,10H,6,8-9,11H2,1H3. The Morgan fingerprint density at radius 3 is 2.90 bits per heavy atom. The van der Waals surface area contributed by atoms with Crippen LogP contribution in [0.25, 0.3) is 0 Å². The number of hydrogen-bond donors (Lipinski definition) is 0. The Labute approximate surface area is 123 Å². The van der Waals surface area contributed by atoms with Crippen molar-refractivity contribution in [3.8, 4) is 11.9 Å². The fourth-order valence-corrected chi connectivity index (χ4v) is 2.51. The third-order valence-corrected chi connectivity index (χ3v) is 3.52. The van der Waals surface area contributed by atoms with E-state index in [9.17, 15) is 0 Å². The molecule has 0 N–H and O–H groups in total. The molecular weight excluding hydrogens is 264 g/mol. The van der Waals surface area contributed by atoms with E-state index in [1.807, 2.05) is 13.0 Å². The Hall–Kier alpha value is -2.61. The van der Waals surface area contributed by atoms with Crippen LogP contribution in [0.3, 0.4) is 0 Å². The average molecular weight is 280 g/mol. The van der Waals surface area contributed by atoms with Gasteiger partial charge in [0.25, 0.3) is 0 Å². The first-order valence-corrected chi connectivity index (χ1v) is 6.93. The molecule has 0 bridgehead atoms. The summed E-state index contributed by atoms with van der Waals surface area (Å²) in [7, 11) is 0. The Balaban J connectivity index is 1.85. The van der Waals surface area contributed by atoms with Gasteiger partial charge in [0, 0.05) is 24.8 Å². The first kappa shape index (κ1) is 13.4. The second kappa shape index (κ2) is 5.80. The number of aryl methyl sites for hydroxylation is 1. The first-order chi connectivity index (χ1) is 10.3. The zero-order valence-corrected chi connectivity index (χ0v) is 11.9. The van der Waals surface area contributed by atoms with E-state index in [0.29, 0.717) is 11.8 Å². The van der Waals surface area contributed by atoms with Crippen LogP contribution in [0.1, 0.15) is 16.8 Å². The normalized spacial score (nSPS) is 13.4. The molecular formula is C16H16N4O. The molecule has 1 aromatic heterocycles. The minimum absolute atomic E-state index is 0.00126. The molecule has 3 rings (SSSR count). The number of hydrogen-bond acceptors (Lipinski definition) is 5. The monoisotopic (exact) mass is 280 g/mol. The van der Waals surface area contributed by atoms with Gasteiger partial charge in [0.1, 0.15) is 6.07 Å². The van der Waals surface area contributed by atoms with Crippen LogP contribution >= 0.6 is 0 Å². The highest BCUT2D eigenvalue weighted by Gasteiger charge is 2.19. The molecule has 0 atom stereocenters. The predicted octanol–water partition coefficient (Wildman–Crippen LogP) is 2.25. The summed E-state index contributed by atoms with van der Waals surface area (Å²) in [5, 5.41) is 8.60. The van der Waals surface area contributed by atoms with Crippen LogP contribution in [-0.2, 0) is 13.0 Å². The van der Waals surface area contributed by atoms with Gasteiger partial charge in [-0.3, -0.25) is 0 Å². The maximum atomic E-state index is 8.60. The molecule has 0 aliphatic carbocycles.